The van der Waals surface area contributed by atoms with Gasteiger partial charge in [-0.05, 0) is 12.1 Å². The molecule has 0 spiro atoms. The predicted octanol–water partition coefficient (Wildman–Crippen LogP) is 1.15. The molecule has 0 aliphatic carbocycles. The molecular weight excluding hydrogens is 210 g/mol. The fraction of sp³-hybridized carbons (Fsp3) is 0.182. The number of carbonyl (C=O) groups excluding carboxylic acids is 3. The molecule has 5 heteroatoms. The van der Waals surface area contributed by atoms with Gasteiger partial charge < -0.3 is 4.84 Å². The smallest absolute Gasteiger partial charge is 0.330 e. The number of benzene rings is 1. The summed E-state index contributed by atoms with van der Waals surface area (Å²) >= 11 is 0. The molecule has 0 radical (unpaired) electrons. The number of fused-ring (bicyclic) bond motifs is 1. The number of amides is 2. The van der Waals surface area contributed by atoms with E-state index in [4.69, 9.17) is 0 Å². The molecule has 2 rings (SSSR count). The molecule has 1 aromatic carbocycles. The molecule has 0 atom stereocenters. The van der Waals surface area contributed by atoms with Gasteiger partial charge in [-0.2, -0.15) is 0 Å². The van der Waals surface area contributed by atoms with Crippen LogP contribution >= 0.6 is 0 Å². The highest BCUT2D eigenvalue weighted by molar-refractivity contribution is 6.20. The number of imide groups is 1. The van der Waals surface area contributed by atoms with Crippen LogP contribution in [0.4, 0.5) is 0 Å². The van der Waals surface area contributed by atoms with E-state index < -0.39 is 17.8 Å². The Morgan fingerprint density at radius 1 is 1.19 bits per heavy atom. The molecule has 5 nitrogen and oxygen atoms in total. The van der Waals surface area contributed by atoms with Crippen molar-refractivity contribution in [2.45, 2.75) is 13.3 Å². The molecule has 16 heavy (non-hydrogen) atoms. The molecule has 0 saturated carbocycles. The van der Waals surface area contributed by atoms with E-state index in [0.717, 1.165) is 0 Å². The van der Waals surface area contributed by atoms with Crippen molar-refractivity contribution in [3.63, 3.8) is 0 Å². The van der Waals surface area contributed by atoms with E-state index in [1.807, 2.05) is 0 Å². The Labute approximate surface area is 91.6 Å². The van der Waals surface area contributed by atoms with Crippen LogP contribution < -0.4 is 0 Å². The van der Waals surface area contributed by atoms with Crippen molar-refractivity contribution in [2.75, 3.05) is 0 Å². The summed E-state index contributed by atoms with van der Waals surface area (Å²) in [5.74, 6) is -1.81. The van der Waals surface area contributed by atoms with Gasteiger partial charge in [-0.3, -0.25) is 9.59 Å². The minimum absolute atomic E-state index is 0.105. The highest BCUT2D eigenvalue weighted by Crippen LogP contribution is 2.22. The third kappa shape index (κ3) is 1.46. The van der Waals surface area contributed by atoms with Crippen LogP contribution in [0.3, 0.4) is 0 Å². The van der Waals surface area contributed by atoms with Crippen molar-refractivity contribution in [1.82, 2.24) is 5.06 Å². The van der Waals surface area contributed by atoms with Crippen LogP contribution in [-0.2, 0) is 9.63 Å². The Bertz CT molecular complexity index is 446. The van der Waals surface area contributed by atoms with Gasteiger partial charge in [-0.1, -0.05) is 24.1 Å². The Kier molecular flexibility index (Phi) is 2.44. The third-order valence-corrected chi connectivity index (χ3v) is 2.24. The molecule has 0 fully saturated rings. The Balaban J connectivity index is 2.32. The van der Waals surface area contributed by atoms with Crippen LogP contribution in [0.15, 0.2) is 24.3 Å². The number of hydrogen-bond acceptors (Lipinski definition) is 4. The van der Waals surface area contributed by atoms with E-state index in [1.54, 1.807) is 19.1 Å². The molecule has 1 aliphatic heterocycles. The molecule has 0 aromatic heterocycles. The molecule has 0 unspecified atom stereocenters. The lowest BCUT2D eigenvalue weighted by atomic mass is 10.1. The molecule has 0 saturated heterocycles. The molecule has 1 heterocycles. The number of hydroxylamine groups is 2. The molecule has 2 amide bonds. The first-order valence-electron chi connectivity index (χ1n) is 4.83. The van der Waals surface area contributed by atoms with Crippen LogP contribution in [0.1, 0.15) is 34.1 Å². The maximum atomic E-state index is 11.7. The fourth-order valence-electron chi connectivity index (χ4n) is 1.42. The summed E-state index contributed by atoms with van der Waals surface area (Å²) in [5.41, 5.74) is 0.521. The Morgan fingerprint density at radius 2 is 1.69 bits per heavy atom. The summed E-state index contributed by atoms with van der Waals surface area (Å²) in [7, 11) is 0. The zero-order valence-corrected chi connectivity index (χ0v) is 8.60. The highest BCUT2D eigenvalue weighted by Gasteiger charge is 2.38. The molecular formula is C11H9NO4. The quantitative estimate of drug-likeness (QED) is 0.700. The normalized spacial score (nSPS) is 13.9. The van der Waals surface area contributed by atoms with Gasteiger partial charge in [0, 0.05) is 6.42 Å². The number of nitrogens with zero attached hydrogens (tertiary/aromatic N) is 1. The van der Waals surface area contributed by atoms with Crippen molar-refractivity contribution in [3.05, 3.63) is 35.4 Å². The first-order chi connectivity index (χ1) is 7.65. The van der Waals surface area contributed by atoms with Gasteiger partial charge in [-0.25, -0.2) is 4.79 Å². The van der Waals surface area contributed by atoms with Crippen molar-refractivity contribution in [2.24, 2.45) is 0 Å². The lowest BCUT2D eigenvalue weighted by Crippen LogP contribution is -2.32. The summed E-state index contributed by atoms with van der Waals surface area (Å²) in [6.45, 7) is 1.58. The Morgan fingerprint density at radius 3 is 2.12 bits per heavy atom. The van der Waals surface area contributed by atoms with Gasteiger partial charge in [0.15, 0.2) is 0 Å². The number of hydrogen-bond donors (Lipinski definition) is 0. The standard InChI is InChI=1S/C11H9NO4/c1-2-9(13)16-12-10(14)7-5-3-4-6-8(7)11(12)15/h3-6H,2H2,1H3. The zero-order chi connectivity index (χ0) is 11.7. The fourth-order valence-corrected chi connectivity index (χ4v) is 1.42. The van der Waals surface area contributed by atoms with Crippen LogP contribution in [0.2, 0.25) is 0 Å². The van der Waals surface area contributed by atoms with Crippen LogP contribution in [0.5, 0.6) is 0 Å². The second-order valence-corrected chi connectivity index (χ2v) is 3.27. The molecule has 1 aliphatic rings. The highest BCUT2D eigenvalue weighted by atomic mass is 16.7. The van der Waals surface area contributed by atoms with Gasteiger partial charge in [-0.15, -0.1) is 0 Å². The van der Waals surface area contributed by atoms with E-state index in [-0.39, 0.29) is 17.5 Å². The number of carbonyl (C=O) groups is 3. The predicted molar refractivity (Wildman–Crippen MR) is 53.3 cm³/mol. The monoisotopic (exact) mass is 219 g/mol. The summed E-state index contributed by atoms with van der Waals surface area (Å²) in [5, 5.41) is 0.510. The van der Waals surface area contributed by atoms with E-state index in [0.29, 0.717) is 5.06 Å². The second-order valence-electron chi connectivity index (χ2n) is 3.27. The second kappa shape index (κ2) is 3.77. The topological polar surface area (TPSA) is 63.7 Å². The molecule has 1 aromatic rings. The van der Waals surface area contributed by atoms with Gasteiger partial charge >= 0.3 is 5.97 Å². The van der Waals surface area contributed by atoms with E-state index in [9.17, 15) is 14.4 Å². The summed E-state index contributed by atoms with van der Waals surface area (Å²) < 4.78 is 0. The SMILES string of the molecule is CCC(=O)ON1C(=O)c2ccccc2C1=O. The Hall–Kier alpha value is -2.17. The number of rotatable bonds is 2. The molecule has 0 bridgehead atoms. The lowest BCUT2D eigenvalue weighted by Gasteiger charge is -2.11. The van der Waals surface area contributed by atoms with Crippen molar-refractivity contribution in [1.29, 1.82) is 0 Å². The van der Waals surface area contributed by atoms with Crippen LogP contribution in [-0.4, -0.2) is 22.8 Å². The maximum Gasteiger partial charge on any atom is 0.332 e. The maximum absolute atomic E-state index is 11.7. The lowest BCUT2D eigenvalue weighted by molar-refractivity contribution is -0.168. The van der Waals surface area contributed by atoms with E-state index >= 15 is 0 Å². The van der Waals surface area contributed by atoms with Crippen molar-refractivity contribution >= 4 is 17.8 Å². The molecule has 82 valence electrons. The van der Waals surface area contributed by atoms with Gasteiger partial charge in [0.1, 0.15) is 0 Å². The summed E-state index contributed by atoms with van der Waals surface area (Å²) in [4.78, 5) is 39.1. The van der Waals surface area contributed by atoms with Gasteiger partial charge in [0.05, 0.1) is 11.1 Å². The van der Waals surface area contributed by atoms with Gasteiger partial charge in [0.25, 0.3) is 11.8 Å². The van der Waals surface area contributed by atoms with E-state index in [1.165, 1.54) is 12.1 Å². The molecule has 0 N–H and O–H groups in total. The van der Waals surface area contributed by atoms with Crippen LogP contribution in [0.25, 0.3) is 0 Å². The largest absolute Gasteiger partial charge is 0.332 e. The van der Waals surface area contributed by atoms with Gasteiger partial charge in [0.2, 0.25) is 0 Å². The minimum Gasteiger partial charge on any atom is -0.330 e. The first kappa shape index (κ1) is 10.4. The summed E-state index contributed by atoms with van der Waals surface area (Å²) in [6.07, 6.45) is 0.105. The third-order valence-electron chi connectivity index (χ3n) is 2.24. The first-order valence-corrected chi connectivity index (χ1v) is 4.83. The zero-order valence-electron chi connectivity index (χ0n) is 8.60. The average molecular weight is 219 g/mol. The average Bonchev–Trinajstić information content (AvgIpc) is 2.55. The van der Waals surface area contributed by atoms with Crippen molar-refractivity contribution in [3.8, 4) is 0 Å². The summed E-state index contributed by atoms with van der Waals surface area (Å²) in [6, 6.07) is 6.34. The minimum atomic E-state index is -0.616. The van der Waals surface area contributed by atoms with E-state index in [2.05, 4.69) is 4.84 Å². The van der Waals surface area contributed by atoms with Crippen molar-refractivity contribution < 1.29 is 19.2 Å². The van der Waals surface area contributed by atoms with Crippen LogP contribution in [0, 0.1) is 0 Å².